The molecule has 2 heterocycles. The Bertz CT molecular complexity index is 1680. The Labute approximate surface area is 226 Å². The molecule has 1 aliphatic heterocycles. The fourth-order valence-corrected chi connectivity index (χ4v) is 4.86. The molecule has 0 aliphatic carbocycles. The van der Waals surface area contributed by atoms with Gasteiger partial charge >= 0.3 is 5.92 Å². The summed E-state index contributed by atoms with van der Waals surface area (Å²) < 4.78 is 28.3. The Morgan fingerprint density at radius 1 is 1.05 bits per heavy atom. The number of hydrazone groups is 1. The number of carbonyl (C=O) groups excluding carboxylic acids is 2. The number of amides is 2. The van der Waals surface area contributed by atoms with Gasteiger partial charge in [-0.05, 0) is 36.2 Å². The summed E-state index contributed by atoms with van der Waals surface area (Å²) in [5.41, 5.74) is 8.29. The lowest BCUT2D eigenvalue weighted by Gasteiger charge is -2.23. The largest absolute Gasteiger partial charge is 0.364 e. The quantitative estimate of drug-likeness (QED) is 0.339. The number of pyridine rings is 1. The van der Waals surface area contributed by atoms with Crippen molar-refractivity contribution in [3.63, 3.8) is 0 Å². The molecule has 39 heavy (non-hydrogen) atoms. The first kappa shape index (κ1) is 26.2. The average Bonchev–Trinajstić information content (AvgIpc) is 3.34. The molecular weight excluding hydrogens is 526 g/mol. The number of alkyl halides is 2. The summed E-state index contributed by atoms with van der Waals surface area (Å²) in [4.78, 5) is 40.8. The van der Waals surface area contributed by atoms with E-state index < -0.39 is 35.8 Å². The predicted molar refractivity (Wildman–Crippen MR) is 146 cm³/mol. The zero-order chi connectivity index (χ0) is 27.9. The van der Waals surface area contributed by atoms with E-state index in [1.54, 1.807) is 48.5 Å². The van der Waals surface area contributed by atoms with Crippen LogP contribution in [-0.2, 0) is 9.59 Å². The Balaban J connectivity index is 1.69. The third kappa shape index (κ3) is 5.05. The molecule has 0 saturated heterocycles. The summed E-state index contributed by atoms with van der Waals surface area (Å²) in [6.07, 6.45) is -1.36. The zero-order valence-corrected chi connectivity index (χ0v) is 21.5. The number of fused-ring (bicyclic) bond motifs is 1. The fourth-order valence-electron chi connectivity index (χ4n) is 4.73. The van der Waals surface area contributed by atoms with Crippen LogP contribution in [0.2, 0.25) is 5.02 Å². The van der Waals surface area contributed by atoms with Crippen LogP contribution in [0.15, 0.2) is 82.7 Å². The average molecular weight is 549 g/mol. The minimum Gasteiger partial charge on any atom is -0.364 e. The molecule has 2 amide bonds. The van der Waals surface area contributed by atoms with E-state index in [1.807, 2.05) is 31.2 Å². The number of benzene rings is 3. The standard InChI is InChI=1S/C29H23ClF2N4O3/c1-16-6-8-17(9-7-16)23-14-22(35-36(23)24(37)15-29(31,32)28(33)39)26-25(18-10-12-19(30)13-11-18)20-4-2-3-5-21(20)34-27(26)38/h2-13,23H,14-15H2,1H3,(H2,33,39)(H,34,38). The van der Waals surface area contributed by atoms with Crippen molar-refractivity contribution >= 4 is 40.0 Å². The van der Waals surface area contributed by atoms with Crippen molar-refractivity contribution in [2.45, 2.75) is 31.7 Å². The smallest absolute Gasteiger partial charge is 0.333 e. The van der Waals surface area contributed by atoms with Crippen molar-refractivity contribution in [2.75, 3.05) is 0 Å². The molecule has 7 nitrogen and oxygen atoms in total. The number of aromatic amines is 1. The molecule has 3 N–H and O–H groups in total. The number of hydrogen-bond donors (Lipinski definition) is 2. The molecule has 1 unspecified atom stereocenters. The number of H-pyrrole nitrogens is 1. The number of nitrogens with two attached hydrogens (primary N) is 1. The normalized spacial score (nSPS) is 15.4. The van der Waals surface area contributed by atoms with Crippen LogP contribution in [0.3, 0.4) is 0 Å². The Morgan fingerprint density at radius 3 is 2.38 bits per heavy atom. The van der Waals surface area contributed by atoms with E-state index >= 15 is 0 Å². The summed E-state index contributed by atoms with van der Waals surface area (Å²) in [7, 11) is 0. The molecule has 3 aromatic carbocycles. The molecule has 10 heteroatoms. The number of aromatic nitrogens is 1. The van der Waals surface area contributed by atoms with E-state index in [0.717, 1.165) is 16.0 Å². The first-order chi connectivity index (χ1) is 18.5. The third-order valence-electron chi connectivity index (χ3n) is 6.70. The Kier molecular flexibility index (Phi) is 6.78. The minimum atomic E-state index is -4.05. The number of rotatable bonds is 6. The molecule has 0 fully saturated rings. The lowest BCUT2D eigenvalue weighted by atomic mass is 9.91. The molecule has 1 aliphatic rings. The van der Waals surface area contributed by atoms with Gasteiger partial charge in [-0.15, -0.1) is 0 Å². The molecule has 0 spiro atoms. The summed E-state index contributed by atoms with van der Waals surface area (Å²) in [6.45, 7) is 1.89. The van der Waals surface area contributed by atoms with Gasteiger partial charge in [-0.3, -0.25) is 14.4 Å². The number of carbonyl (C=O) groups is 2. The second-order valence-corrected chi connectivity index (χ2v) is 9.85. The van der Waals surface area contributed by atoms with Gasteiger partial charge in [0.25, 0.3) is 11.5 Å². The van der Waals surface area contributed by atoms with Crippen LogP contribution in [-0.4, -0.2) is 33.4 Å². The van der Waals surface area contributed by atoms with Gasteiger partial charge in [0.1, 0.15) is 6.42 Å². The number of hydrogen-bond acceptors (Lipinski definition) is 4. The highest BCUT2D eigenvalue weighted by atomic mass is 35.5. The Hall–Kier alpha value is -4.37. The van der Waals surface area contributed by atoms with Crippen molar-refractivity contribution < 1.29 is 18.4 Å². The van der Waals surface area contributed by atoms with Crippen LogP contribution in [0.1, 0.15) is 35.6 Å². The van der Waals surface area contributed by atoms with Gasteiger partial charge in [-0.2, -0.15) is 13.9 Å². The molecule has 4 aromatic rings. The number of aryl methyl sites for hydroxylation is 1. The molecular formula is C29H23ClF2N4O3. The highest BCUT2D eigenvalue weighted by Crippen LogP contribution is 2.38. The number of para-hydroxylation sites is 1. The van der Waals surface area contributed by atoms with Crippen LogP contribution in [0.5, 0.6) is 0 Å². The predicted octanol–water partition coefficient (Wildman–Crippen LogP) is 5.35. The zero-order valence-electron chi connectivity index (χ0n) is 20.8. The first-order valence-corrected chi connectivity index (χ1v) is 12.5. The van der Waals surface area contributed by atoms with E-state index in [1.165, 1.54) is 0 Å². The summed E-state index contributed by atoms with van der Waals surface area (Å²) in [6, 6.07) is 20.6. The minimum absolute atomic E-state index is 0.0823. The van der Waals surface area contributed by atoms with Crippen LogP contribution < -0.4 is 11.3 Å². The summed E-state index contributed by atoms with van der Waals surface area (Å²) >= 11 is 6.11. The number of nitrogens with zero attached hydrogens (tertiary/aromatic N) is 2. The van der Waals surface area contributed by atoms with Crippen molar-refractivity contribution in [1.82, 2.24) is 9.99 Å². The second-order valence-electron chi connectivity index (χ2n) is 9.42. The van der Waals surface area contributed by atoms with E-state index in [0.29, 0.717) is 27.2 Å². The third-order valence-corrected chi connectivity index (χ3v) is 6.96. The maximum absolute atomic E-state index is 14.2. The van der Waals surface area contributed by atoms with Gasteiger partial charge in [0.2, 0.25) is 5.91 Å². The molecule has 0 bridgehead atoms. The molecule has 198 valence electrons. The maximum Gasteiger partial charge on any atom is 0.333 e. The van der Waals surface area contributed by atoms with Crippen LogP contribution in [0.25, 0.3) is 22.0 Å². The van der Waals surface area contributed by atoms with Crippen LogP contribution in [0.4, 0.5) is 8.78 Å². The van der Waals surface area contributed by atoms with Crippen molar-refractivity contribution in [3.8, 4) is 11.1 Å². The molecule has 0 saturated carbocycles. The monoisotopic (exact) mass is 548 g/mol. The maximum atomic E-state index is 14.2. The van der Waals surface area contributed by atoms with Crippen molar-refractivity contribution in [2.24, 2.45) is 10.8 Å². The molecule has 1 aromatic heterocycles. The highest BCUT2D eigenvalue weighted by molar-refractivity contribution is 6.30. The number of nitrogens with one attached hydrogen (secondary N) is 1. The van der Waals surface area contributed by atoms with Gasteiger partial charge in [0.05, 0.1) is 17.3 Å². The molecule has 0 radical (unpaired) electrons. The van der Waals surface area contributed by atoms with Crippen LogP contribution in [0, 0.1) is 6.92 Å². The SMILES string of the molecule is Cc1ccc(C2CC(c3c(-c4ccc(Cl)cc4)c4ccccc4[nH]c3=O)=NN2C(=O)CC(F)(F)C(N)=O)cc1. The second kappa shape index (κ2) is 10.1. The fraction of sp³-hybridized carbons (Fsp3) is 0.172. The van der Waals surface area contributed by atoms with E-state index in [4.69, 9.17) is 17.3 Å². The van der Waals surface area contributed by atoms with Gasteiger partial charge < -0.3 is 10.7 Å². The van der Waals surface area contributed by atoms with Gasteiger partial charge in [-0.1, -0.05) is 71.8 Å². The topological polar surface area (TPSA) is 109 Å². The van der Waals surface area contributed by atoms with Crippen molar-refractivity contribution in [3.05, 3.63) is 105 Å². The lowest BCUT2D eigenvalue weighted by Crippen LogP contribution is -2.41. The summed E-state index contributed by atoms with van der Waals surface area (Å²) in [5, 5.41) is 6.59. The Morgan fingerprint density at radius 2 is 1.72 bits per heavy atom. The number of primary amides is 1. The van der Waals surface area contributed by atoms with E-state index in [-0.39, 0.29) is 17.7 Å². The van der Waals surface area contributed by atoms with Crippen molar-refractivity contribution in [1.29, 1.82) is 0 Å². The molecule has 1 atom stereocenters. The van der Waals surface area contributed by atoms with E-state index in [9.17, 15) is 23.2 Å². The van der Waals surface area contributed by atoms with Gasteiger partial charge in [0, 0.05) is 27.9 Å². The van der Waals surface area contributed by atoms with Gasteiger partial charge in [0.15, 0.2) is 0 Å². The van der Waals surface area contributed by atoms with Crippen LogP contribution >= 0.6 is 11.6 Å². The van der Waals surface area contributed by atoms with E-state index in [2.05, 4.69) is 10.1 Å². The van der Waals surface area contributed by atoms with Gasteiger partial charge in [-0.25, -0.2) is 5.01 Å². The number of halogens is 3. The summed E-state index contributed by atoms with van der Waals surface area (Å²) in [5.74, 6) is -7.05. The first-order valence-electron chi connectivity index (χ1n) is 12.1. The molecule has 5 rings (SSSR count). The lowest BCUT2D eigenvalue weighted by molar-refractivity contribution is -0.153. The highest BCUT2D eigenvalue weighted by Gasteiger charge is 2.44.